The highest BCUT2D eigenvalue weighted by atomic mass is 19.1. The van der Waals surface area contributed by atoms with Crippen molar-refractivity contribution >= 4 is 0 Å². The fraction of sp³-hybridized carbons (Fsp3) is 0.500. The lowest BCUT2D eigenvalue weighted by Gasteiger charge is -2.24. The van der Waals surface area contributed by atoms with E-state index in [0.29, 0.717) is 5.56 Å². The first-order valence-corrected chi connectivity index (χ1v) is 5.52. The highest BCUT2D eigenvalue weighted by molar-refractivity contribution is 5.44. The number of rotatable bonds is 2. The topological polar surface area (TPSA) is 41.5 Å². The quantitative estimate of drug-likeness (QED) is 0.811. The molecule has 2 N–H and O–H groups in total. The van der Waals surface area contributed by atoms with Gasteiger partial charge in [0.05, 0.1) is 7.11 Å². The van der Waals surface area contributed by atoms with Crippen molar-refractivity contribution in [2.75, 3.05) is 13.7 Å². The number of nitrogens with one attached hydrogen (secondary N) is 1. The molecule has 2 rings (SSSR count). The van der Waals surface area contributed by atoms with Crippen molar-refractivity contribution in [1.29, 1.82) is 0 Å². The van der Waals surface area contributed by atoms with Crippen molar-refractivity contribution in [1.82, 2.24) is 5.32 Å². The first-order chi connectivity index (χ1) is 7.74. The number of phenols is 1. The van der Waals surface area contributed by atoms with Gasteiger partial charge >= 0.3 is 0 Å². The van der Waals surface area contributed by atoms with Gasteiger partial charge in [0.25, 0.3) is 0 Å². The summed E-state index contributed by atoms with van der Waals surface area (Å²) in [6, 6.07) is 3.13. The van der Waals surface area contributed by atoms with Crippen molar-refractivity contribution in [3.8, 4) is 11.5 Å². The Morgan fingerprint density at radius 1 is 1.44 bits per heavy atom. The van der Waals surface area contributed by atoms with Crippen LogP contribution in [0.2, 0.25) is 0 Å². The molecule has 0 saturated carbocycles. The molecule has 1 saturated heterocycles. The van der Waals surface area contributed by atoms with Crippen LogP contribution in [0.3, 0.4) is 0 Å². The Balaban J connectivity index is 2.33. The Labute approximate surface area is 94.2 Å². The molecule has 88 valence electrons. The molecule has 1 atom stereocenters. The first-order valence-electron chi connectivity index (χ1n) is 5.52. The maximum absolute atomic E-state index is 14.0. The number of halogens is 1. The second-order valence-electron chi connectivity index (χ2n) is 4.02. The van der Waals surface area contributed by atoms with Crippen LogP contribution in [0.15, 0.2) is 12.1 Å². The molecule has 1 aromatic rings. The third-order valence-corrected chi connectivity index (χ3v) is 3.00. The van der Waals surface area contributed by atoms with Crippen molar-refractivity contribution < 1.29 is 14.2 Å². The third kappa shape index (κ3) is 1.97. The highest BCUT2D eigenvalue weighted by Gasteiger charge is 2.22. The van der Waals surface area contributed by atoms with Gasteiger partial charge in [0.15, 0.2) is 17.3 Å². The lowest BCUT2D eigenvalue weighted by Crippen LogP contribution is -2.27. The summed E-state index contributed by atoms with van der Waals surface area (Å²) < 4.78 is 18.8. The molecule has 0 radical (unpaired) electrons. The van der Waals surface area contributed by atoms with E-state index >= 15 is 0 Å². The minimum absolute atomic E-state index is 0.0308. The summed E-state index contributed by atoms with van der Waals surface area (Å²) in [5.74, 6) is -0.675. The second kappa shape index (κ2) is 4.70. The zero-order chi connectivity index (χ0) is 11.5. The number of hydrogen-bond acceptors (Lipinski definition) is 3. The molecule has 3 nitrogen and oxygen atoms in total. The number of hydrogen-bond donors (Lipinski definition) is 2. The molecule has 0 aliphatic carbocycles. The Kier molecular flexibility index (Phi) is 3.29. The number of phenolic OH excluding ortho intramolecular Hbond substituents is 1. The average molecular weight is 225 g/mol. The summed E-state index contributed by atoms with van der Waals surface area (Å²) >= 11 is 0. The first kappa shape index (κ1) is 11.2. The molecule has 0 aromatic heterocycles. The Bertz CT molecular complexity index is 376. The Hall–Kier alpha value is -1.29. The number of ether oxygens (including phenoxy) is 1. The van der Waals surface area contributed by atoms with E-state index in [4.69, 9.17) is 4.74 Å². The summed E-state index contributed by atoms with van der Waals surface area (Å²) in [4.78, 5) is 0. The monoisotopic (exact) mass is 225 g/mol. The predicted molar refractivity (Wildman–Crippen MR) is 59.2 cm³/mol. The smallest absolute Gasteiger partial charge is 0.196 e. The van der Waals surface area contributed by atoms with E-state index in [-0.39, 0.29) is 17.5 Å². The van der Waals surface area contributed by atoms with E-state index in [1.165, 1.54) is 13.2 Å². The standard InChI is InChI=1S/C12H16FNO2/c1-16-12-10(15)6-5-8(11(12)13)9-4-2-3-7-14-9/h5-6,9,14-15H,2-4,7H2,1H3. The largest absolute Gasteiger partial charge is 0.504 e. The summed E-state index contributed by atoms with van der Waals surface area (Å²) in [6.45, 7) is 0.910. The summed E-state index contributed by atoms with van der Waals surface area (Å²) in [5, 5.41) is 12.7. The Morgan fingerprint density at radius 2 is 2.25 bits per heavy atom. The maximum Gasteiger partial charge on any atom is 0.196 e. The molecule has 1 unspecified atom stereocenters. The summed E-state index contributed by atoms with van der Waals surface area (Å²) in [5.41, 5.74) is 0.578. The average Bonchev–Trinajstić information content (AvgIpc) is 2.31. The Morgan fingerprint density at radius 3 is 2.88 bits per heavy atom. The van der Waals surface area contributed by atoms with Crippen LogP contribution < -0.4 is 10.1 Å². The zero-order valence-electron chi connectivity index (χ0n) is 9.29. The minimum atomic E-state index is -0.457. The molecule has 16 heavy (non-hydrogen) atoms. The normalized spacial score (nSPS) is 20.8. The third-order valence-electron chi connectivity index (χ3n) is 3.00. The van der Waals surface area contributed by atoms with E-state index in [0.717, 1.165) is 25.8 Å². The van der Waals surface area contributed by atoms with Crippen molar-refractivity contribution in [2.45, 2.75) is 25.3 Å². The minimum Gasteiger partial charge on any atom is -0.504 e. The summed E-state index contributed by atoms with van der Waals surface area (Å²) in [7, 11) is 1.36. The number of methoxy groups -OCH3 is 1. The van der Waals surface area contributed by atoms with Crippen LogP contribution in [-0.4, -0.2) is 18.8 Å². The van der Waals surface area contributed by atoms with Crippen LogP contribution in [0.25, 0.3) is 0 Å². The molecule has 4 heteroatoms. The van der Waals surface area contributed by atoms with Crippen molar-refractivity contribution in [3.05, 3.63) is 23.5 Å². The molecule has 0 amide bonds. The number of benzene rings is 1. The van der Waals surface area contributed by atoms with Crippen LogP contribution in [0, 0.1) is 5.82 Å². The maximum atomic E-state index is 14.0. The van der Waals surface area contributed by atoms with Crippen LogP contribution in [0.1, 0.15) is 30.9 Å². The molecule has 0 bridgehead atoms. The van der Waals surface area contributed by atoms with Gasteiger partial charge in [0.2, 0.25) is 0 Å². The molecule has 0 spiro atoms. The van der Waals surface area contributed by atoms with E-state index in [2.05, 4.69) is 5.32 Å². The van der Waals surface area contributed by atoms with Gasteiger partial charge in [-0.15, -0.1) is 0 Å². The van der Waals surface area contributed by atoms with Gasteiger partial charge in [-0.25, -0.2) is 4.39 Å². The summed E-state index contributed by atoms with van der Waals surface area (Å²) in [6.07, 6.45) is 3.15. The van der Waals surface area contributed by atoms with Gasteiger partial charge in [0, 0.05) is 11.6 Å². The molecule has 1 heterocycles. The molecule has 1 aromatic carbocycles. The number of aromatic hydroxyl groups is 1. The van der Waals surface area contributed by atoms with Crippen LogP contribution >= 0.6 is 0 Å². The van der Waals surface area contributed by atoms with E-state index in [9.17, 15) is 9.50 Å². The van der Waals surface area contributed by atoms with Crippen LogP contribution in [0.5, 0.6) is 11.5 Å². The molecular formula is C12H16FNO2. The molecule has 1 aliphatic rings. The lowest BCUT2D eigenvalue weighted by atomic mass is 9.96. The van der Waals surface area contributed by atoms with Crippen LogP contribution in [0.4, 0.5) is 4.39 Å². The lowest BCUT2D eigenvalue weighted by molar-refractivity contribution is 0.340. The van der Waals surface area contributed by atoms with Crippen molar-refractivity contribution in [2.24, 2.45) is 0 Å². The molecular weight excluding hydrogens is 209 g/mol. The molecule has 1 aliphatic heterocycles. The zero-order valence-corrected chi connectivity index (χ0v) is 9.29. The van der Waals surface area contributed by atoms with Gasteiger partial charge in [-0.3, -0.25) is 0 Å². The fourth-order valence-corrected chi connectivity index (χ4v) is 2.14. The second-order valence-corrected chi connectivity index (χ2v) is 4.02. The van der Waals surface area contributed by atoms with Gasteiger partial charge in [-0.2, -0.15) is 0 Å². The fourth-order valence-electron chi connectivity index (χ4n) is 2.14. The van der Waals surface area contributed by atoms with Gasteiger partial charge in [-0.1, -0.05) is 12.5 Å². The van der Waals surface area contributed by atoms with Crippen LogP contribution in [-0.2, 0) is 0 Å². The molecule has 1 fully saturated rings. The SMILES string of the molecule is COc1c(O)ccc(C2CCCCN2)c1F. The van der Waals surface area contributed by atoms with Gasteiger partial charge in [-0.05, 0) is 25.5 Å². The predicted octanol–water partition coefficient (Wildman–Crippen LogP) is 2.35. The highest BCUT2D eigenvalue weighted by Crippen LogP contribution is 2.35. The van der Waals surface area contributed by atoms with Gasteiger partial charge < -0.3 is 15.2 Å². The van der Waals surface area contributed by atoms with Gasteiger partial charge in [0.1, 0.15) is 0 Å². The van der Waals surface area contributed by atoms with E-state index in [1.807, 2.05) is 0 Å². The number of piperidine rings is 1. The van der Waals surface area contributed by atoms with E-state index < -0.39 is 5.82 Å². The van der Waals surface area contributed by atoms with E-state index in [1.54, 1.807) is 6.07 Å². The van der Waals surface area contributed by atoms with Crippen molar-refractivity contribution in [3.63, 3.8) is 0 Å².